The first-order chi connectivity index (χ1) is 8.15. The third-order valence-corrected chi connectivity index (χ3v) is 1.84. The molecule has 0 aliphatic rings. The molecule has 0 saturated heterocycles. The van der Waals surface area contributed by atoms with E-state index < -0.39 is 29.5 Å². The first-order valence-corrected chi connectivity index (χ1v) is 5.57. The number of hydrogen-bond donors (Lipinski definition) is 1. The van der Waals surface area contributed by atoms with Gasteiger partial charge in [-0.05, 0) is 33.8 Å². The van der Waals surface area contributed by atoms with E-state index in [-0.39, 0.29) is 6.42 Å². The SMILES string of the molecule is COC(=O)C/C=C(\F)C(C)NC(=O)OC(C)(C)C. The number of halogens is 1. The quantitative estimate of drug-likeness (QED) is 0.789. The third-order valence-electron chi connectivity index (χ3n) is 1.84. The molecule has 0 aromatic heterocycles. The van der Waals surface area contributed by atoms with Gasteiger partial charge in [-0.3, -0.25) is 4.79 Å². The second kappa shape index (κ2) is 6.98. The minimum Gasteiger partial charge on any atom is -0.469 e. The number of carbonyl (C=O) groups is 2. The van der Waals surface area contributed by atoms with Gasteiger partial charge in [-0.25, -0.2) is 9.18 Å². The lowest BCUT2D eigenvalue weighted by atomic mass is 10.2. The predicted molar refractivity (Wildman–Crippen MR) is 64.7 cm³/mol. The van der Waals surface area contributed by atoms with Crippen LogP contribution in [-0.4, -0.2) is 30.8 Å². The maximum Gasteiger partial charge on any atom is 0.408 e. The molecule has 104 valence electrons. The van der Waals surface area contributed by atoms with Crippen LogP contribution in [0.1, 0.15) is 34.1 Å². The van der Waals surface area contributed by atoms with E-state index in [1.807, 2.05) is 0 Å². The number of alkyl carbamates (subject to hydrolysis) is 1. The van der Waals surface area contributed by atoms with Crippen molar-refractivity contribution in [2.24, 2.45) is 0 Å². The van der Waals surface area contributed by atoms with Gasteiger partial charge in [0, 0.05) is 0 Å². The van der Waals surface area contributed by atoms with Crippen LogP contribution in [0.4, 0.5) is 9.18 Å². The zero-order chi connectivity index (χ0) is 14.3. The molecule has 0 aromatic rings. The molecule has 0 spiro atoms. The van der Waals surface area contributed by atoms with Crippen molar-refractivity contribution >= 4 is 12.1 Å². The highest BCUT2D eigenvalue weighted by Gasteiger charge is 2.19. The number of rotatable bonds is 4. The molecule has 0 aliphatic carbocycles. The summed E-state index contributed by atoms with van der Waals surface area (Å²) in [6.07, 6.45) is 0.174. The van der Waals surface area contributed by atoms with Crippen LogP contribution in [-0.2, 0) is 14.3 Å². The average Bonchev–Trinajstić information content (AvgIpc) is 2.22. The minimum absolute atomic E-state index is 0.178. The summed E-state index contributed by atoms with van der Waals surface area (Å²) in [5.41, 5.74) is -0.643. The maximum absolute atomic E-state index is 13.5. The van der Waals surface area contributed by atoms with Gasteiger partial charge < -0.3 is 14.8 Å². The standard InChI is InChI=1S/C12H20FNO4/c1-8(9(13)6-7-10(15)17-5)14-11(16)18-12(2,3)4/h6,8H,7H2,1-5H3,(H,14,16)/b9-6-. The Hall–Kier alpha value is -1.59. The van der Waals surface area contributed by atoms with Crippen LogP contribution in [0.3, 0.4) is 0 Å². The molecule has 1 N–H and O–H groups in total. The molecule has 0 heterocycles. The van der Waals surface area contributed by atoms with Gasteiger partial charge in [-0.2, -0.15) is 0 Å². The van der Waals surface area contributed by atoms with Gasteiger partial charge in [-0.1, -0.05) is 0 Å². The van der Waals surface area contributed by atoms with Crippen LogP contribution < -0.4 is 5.32 Å². The summed E-state index contributed by atoms with van der Waals surface area (Å²) in [6, 6.07) is -0.857. The number of esters is 1. The number of hydrogen-bond acceptors (Lipinski definition) is 4. The molecule has 6 heteroatoms. The first-order valence-electron chi connectivity index (χ1n) is 5.57. The normalized spacial score (nSPS) is 13.8. The van der Waals surface area contributed by atoms with Gasteiger partial charge in [0.2, 0.25) is 0 Å². The molecule has 0 aromatic carbocycles. The number of methoxy groups -OCH3 is 1. The summed E-state index contributed by atoms with van der Waals surface area (Å²) < 4.78 is 22.8. The summed E-state index contributed by atoms with van der Waals surface area (Å²) in [7, 11) is 1.22. The lowest BCUT2D eigenvalue weighted by molar-refractivity contribution is -0.139. The Morgan fingerprint density at radius 1 is 1.39 bits per heavy atom. The zero-order valence-electron chi connectivity index (χ0n) is 11.4. The van der Waals surface area contributed by atoms with Crippen molar-refractivity contribution in [1.29, 1.82) is 0 Å². The van der Waals surface area contributed by atoms with Crippen molar-refractivity contribution in [2.75, 3.05) is 7.11 Å². The number of amides is 1. The molecular weight excluding hydrogens is 241 g/mol. The van der Waals surface area contributed by atoms with Crippen LogP contribution in [0.15, 0.2) is 11.9 Å². The van der Waals surface area contributed by atoms with E-state index in [4.69, 9.17) is 4.74 Å². The second-order valence-electron chi connectivity index (χ2n) is 4.74. The maximum atomic E-state index is 13.5. The Kier molecular flexibility index (Phi) is 6.36. The van der Waals surface area contributed by atoms with Crippen LogP contribution in [0.25, 0.3) is 0 Å². The van der Waals surface area contributed by atoms with Gasteiger partial charge in [0.05, 0.1) is 19.6 Å². The Morgan fingerprint density at radius 2 is 1.94 bits per heavy atom. The Morgan fingerprint density at radius 3 is 2.39 bits per heavy atom. The molecule has 0 aliphatic heterocycles. The minimum atomic E-state index is -0.857. The van der Waals surface area contributed by atoms with Crippen molar-refractivity contribution in [1.82, 2.24) is 5.32 Å². The average molecular weight is 261 g/mol. The smallest absolute Gasteiger partial charge is 0.408 e. The van der Waals surface area contributed by atoms with Crippen molar-refractivity contribution in [2.45, 2.75) is 45.8 Å². The Labute approximate surface area is 106 Å². The van der Waals surface area contributed by atoms with Gasteiger partial charge >= 0.3 is 12.1 Å². The van der Waals surface area contributed by atoms with E-state index in [0.29, 0.717) is 0 Å². The number of ether oxygens (including phenoxy) is 2. The summed E-state index contributed by atoms with van der Waals surface area (Å²) in [5.74, 6) is -1.17. The zero-order valence-corrected chi connectivity index (χ0v) is 11.4. The van der Waals surface area contributed by atoms with E-state index in [1.54, 1.807) is 20.8 Å². The first kappa shape index (κ1) is 16.4. The van der Waals surface area contributed by atoms with Gasteiger partial charge in [0.15, 0.2) is 0 Å². The fourth-order valence-corrected chi connectivity index (χ4v) is 0.994. The third kappa shape index (κ3) is 7.65. The van der Waals surface area contributed by atoms with Gasteiger partial charge in [0.1, 0.15) is 11.4 Å². The van der Waals surface area contributed by atoms with Crippen molar-refractivity contribution in [3.05, 3.63) is 11.9 Å². The number of nitrogens with one attached hydrogen (secondary N) is 1. The van der Waals surface area contributed by atoms with E-state index in [1.165, 1.54) is 14.0 Å². The fraction of sp³-hybridized carbons (Fsp3) is 0.667. The highest BCUT2D eigenvalue weighted by Crippen LogP contribution is 2.09. The van der Waals surface area contributed by atoms with E-state index >= 15 is 0 Å². The molecule has 1 amide bonds. The fourth-order valence-electron chi connectivity index (χ4n) is 0.994. The van der Waals surface area contributed by atoms with E-state index in [2.05, 4.69) is 10.1 Å². The van der Waals surface area contributed by atoms with Crippen LogP contribution >= 0.6 is 0 Å². The Balaban J connectivity index is 4.27. The van der Waals surface area contributed by atoms with Crippen LogP contribution in [0.5, 0.6) is 0 Å². The van der Waals surface area contributed by atoms with Gasteiger partial charge in [-0.15, -0.1) is 0 Å². The molecule has 0 bridgehead atoms. The molecule has 0 saturated carbocycles. The summed E-state index contributed by atoms with van der Waals surface area (Å²) in [4.78, 5) is 22.2. The molecular formula is C12H20FNO4. The lowest BCUT2D eigenvalue weighted by Crippen LogP contribution is -2.38. The van der Waals surface area contributed by atoms with Crippen molar-refractivity contribution in [3.63, 3.8) is 0 Å². The summed E-state index contributed by atoms with van der Waals surface area (Å²) in [5, 5.41) is 2.32. The molecule has 0 fully saturated rings. The predicted octanol–water partition coefficient (Wildman–Crippen LogP) is 2.32. The van der Waals surface area contributed by atoms with Crippen LogP contribution in [0.2, 0.25) is 0 Å². The van der Waals surface area contributed by atoms with Crippen molar-refractivity contribution < 1.29 is 23.5 Å². The monoisotopic (exact) mass is 261 g/mol. The lowest BCUT2D eigenvalue weighted by Gasteiger charge is -2.21. The molecule has 18 heavy (non-hydrogen) atoms. The highest BCUT2D eigenvalue weighted by molar-refractivity contribution is 5.71. The number of carbonyl (C=O) groups excluding carboxylic acids is 2. The van der Waals surface area contributed by atoms with Crippen LogP contribution in [0, 0.1) is 0 Å². The molecule has 1 atom stereocenters. The van der Waals surface area contributed by atoms with E-state index in [0.717, 1.165) is 6.08 Å². The van der Waals surface area contributed by atoms with Gasteiger partial charge in [0.25, 0.3) is 0 Å². The molecule has 0 rings (SSSR count). The second-order valence-corrected chi connectivity index (χ2v) is 4.74. The largest absolute Gasteiger partial charge is 0.469 e. The van der Waals surface area contributed by atoms with Crippen molar-refractivity contribution in [3.8, 4) is 0 Å². The molecule has 0 radical (unpaired) electrons. The molecule has 5 nitrogen and oxygen atoms in total. The van der Waals surface area contributed by atoms with E-state index in [9.17, 15) is 14.0 Å². The summed E-state index contributed by atoms with van der Waals surface area (Å²) >= 11 is 0. The Bertz CT molecular complexity index is 333. The molecule has 1 unspecified atom stereocenters. The topological polar surface area (TPSA) is 64.6 Å². The summed E-state index contributed by atoms with van der Waals surface area (Å²) in [6.45, 7) is 6.58. The highest BCUT2D eigenvalue weighted by atomic mass is 19.1.